The van der Waals surface area contributed by atoms with Crippen molar-refractivity contribution in [3.05, 3.63) is 59.2 Å². The molecular formula is C17H16F3N5O3S. The molecule has 2 heterocycles. The summed E-state index contributed by atoms with van der Waals surface area (Å²) in [5.74, 6) is -4.66. The summed E-state index contributed by atoms with van der Waals surface area (Å²) in [5.41, 5.74) is 3.09. The number of aliphatic imine (C=N–C) groups is 1. The van der Waals surface area contributed by atoms with Crippen LogP contribution in [0.1, 0.15) is 23.0 Å². The summed E-state index contributed by atoms with van der Waals surface area (Å²) in [6.07, 6.45) is 0.809. The van der Waals surface area contributed by atoms with Gasteiger partial charge in [0, 0.05) is 18.7 Å². The Morgan fingerprint density at radius 1 is 1.24 bits per heavy atom. The van der Waals surface area contributed by atoms with Crippen molar-refractivity contribution in [2.45, 2.75) is 12.5 Å². The molecule has 1 aliphatic heterocycles. The summed E-state index contributed by atoms with van der Waals surface area (Å²) in [5, 5.41) is 2.21. The van der Waals surface area contributed by atoms with Gasteiger partial charge in [0.2, 0.25) is 16.0 Å². The summed E-state index contributed by atoms with van der Waals surface area (Å²) in [6, 6.07) is 3.54. The van der Waals surface area contributed by atoms with Crippen molar-refractivity contribution in [1.82, 2.24) is 9.29 Å². The van der Waals surface area contributed by atoms with Gasteiger partial charge in [-0.15, -0.1) is 0 Å². The average Bonchev–Trinajstić information content (AvgIpc) is 2.62. The van der Waals surface area contributed by atoms with Gasteiger partial charge in [-0.25, -0.2) is 35.9 Å². The Hall–Kier alpha value is -3.15. The van der Waals surface area contributed by atoms with Crippen LogP contribution >= 0.6 is 0 Å². The quantitative estimate of drug-likeness (QED) is 0.771. The lowest BCUT2D eigenvalue weighted by Gasteiger charge is -2.34. The number of carbonyl (C=O) groups excluding carboxylic acids is 1. The van der Waals surface area contributed by atoms with Crippen molar-refractivity contribution < 1.29 is 26.4 Å². The van der Waals surface area contributed by atoms with Crippen LogP contribution < -0.4 is 11.1 Å². The number of rotatable bonds is 3. The van der Waals surface area contributed by atoms with Crippen LogP contribution in [0.3, 0.4) is 0 Å². The number of nitrogens with two attached hydrogens (primary N) is 1. The van der Waals surface area contributed by atoms with E-state index in [1.165, 1.54) is 14.0 Å². The number of halogens is 3. The molecule has 0 aliphatic carbocycles. The minimum atomic E-state index is -3.89. The highest BCUT2D eigenvalue weighted by atomic mass is 32.2. The first-order chi connectivity index (χ1) is 13.4. The third kappa shape index (κ3) is 3.88. The van der Waals surface area contributed by atoms with E-state index in [1.807, 2.05) is 0 Å². The number of amides is 1. The van der Waals surface area contributed by atoms with E-state index in [9.17, 15) is 26.4 Å². The van der Waals surface area contributed by atoms with E-state index in [1.54, 1.807) is 0 Å². The zero-order valence-corrected chi connectivity index (χ0v) is 16.1. The number of sulfonamides is 1. The third-order valence-corrected chi connectivity index (χ3v) is 6.36. The minimum Gasteiger partial charge on any atom is -0.369 e. The lowest BCUT2D eigenvalue weighted by atomic mass is 9.93. The summed E-state index contributed by atoms with van der Waals surface area (Å²) in [4.78, 5) is 19.9. The van der Waals surface area contributed by atoms with Crippen LogP contribution in [0.15, 0.2) is 35.5 Å². The molecule has 1 unspecified atom stereocenters. The van der Waals surface area contributed by atoms with Gasteiger partial charge in [-0.05, 0) is 25.1 Å². The molecule has 3 N–H and O–H groups in total. The normalized spacial score (nSPS) is 20.9. The summed E-state index contributed by atoms with van der Waals surface area (Å²) >= 11 is 0. The van der Waals surface area contributed by atoms with E-state index < -0.39 is 50.4 Å². The molecule has 0 radical (unpaired) electrons. The highest BCUT2D eigenvalue weighted by molar-refractivity contribution is 7.89. The summed E-state index contributed by atoms with van der Waals surface area (Å²) < 4.78 is 67.0. The maximum absolute atomic E-state index is 14.5. The fourth-order valence-corrected chi connectivity index (χ4v) is 4.29. The number of aromatic nitrogens is 1. The van der Waals surface area contributed by atoms with Crippen LogP contribution in [-0.4, -0.2) is 42.4 Å². The molecule has 3 rings (SSSR count). The van der Waals surface area contributed by atoms with Crippen LogP contribution in [0.5, 0.6) is 0 Å². The van der Waals surface area contributed by atoms with Gasteiger partial charge in [0.25, 0.3) is 5.91 Å². The van der Waals surface area contributed by atoms with Gasteiger partial charge in [0.05, 0.1) is 17.6 Å². The number of hydrogen-bond acceptors (Lipinski definition) is 6. The van der Waals surface area contributed by atoms with Crippen molar-refractivity contribution >= 4 is 27.6 Å². The molecule has 1 amide bonds. The zero-order chi connectivity index (χ0) is 21.6. The smallest absolute Gasteiger partial charge is 0.274 e. The number of carbonyl (C=O) groups is 1. The van der Waals surface area contributed by atoms with Crippen molar-refractivity contribution in [2.75, 3.05) is 18.1 Å². The van der Waals surface area contributed by atoms with Crippen LogP contribution in [0.25, 0.3) is 0 Å². The Balaban J connectivity index is 2.02. The van der Waals surface area contributed by atoms with Crippen molar-refractivity contribution in [3.8, 4) is 0 Å². The highest BCUT2D eigenvalue weighted by Crippen LogP contribution is 2.35. The Kier molecular flexibility index (Phi) is 4.99. The molecule has 8 nitrogen and oxygen atoms in total. The number of pyridine rings is 1. The van der Waals surface area contributed by atoms with Crippen LogP contribution in [0, 0.1) is 17.5 Å². The number of hydrogen-bond donors (Lipinski definition) is 2. The second kappa shape index (κ2) is 7.03. The zero-order valence-electron chi connectivity index (χ0n) is 15.3. The van der Waals surface area contributed by atoms with Gasteiger partial charge in [0.1, 0.15) is 28.7 Å². The van der Waals surface area contributed by atoms with E-state index in [4.69, 9.17) is 5.73 Å². The predicted octanol–water partition coefficient (Wildman–Crippen LogP) is 1.56. The number of benzene rings is 1. The fraction of sp³-hybridized carbons (Fsp3) is 0.235. The molecule has 0 fully saturated rings. The van der Waals surface area contributed by atoms with Gasteiger partial charge in [-0.3, -0.25) is 4.79 Å². The molecule has 2 aromatic rings. The van der Waals surface area contributed by atoms with Gasteiger partial charge >= 0.3 is 0 Å². The molecule has 0 spiro atoms. The van der Waals surface area contributed by atoms with Crippen molar-refractivity contribution in [1.29, 1.82) is 0 Å². The van der Waals surface area contributed by atoms with Crippen molar-refractivity contribution in [3.63, 3.8) is 0 Å². The standard InChI is InChI=1S/C17H16F3N5O3S/c1-17(8-29(27,28)25(2)16(21)24-17)10-5-14(12(20)6-11(10)19)23-15(26)13-4-3-9(18)7-22-13/h3-7H,8H2,1-2H3,(H2,21,24)(H,23,26). The second-order valence-corrected chi connectivity index (χ2v) is 8.60. The molecule has 1 aromatic heterocycles. The van der Waals surface area contributed by atoms with Crippen molar-refractivity contribution in [2.24, 2.45) is 10.7 Å². The molecule has 1 aliphatic rings. The monoisotopic (exact) mass is 427 g/mol. The number of guanidine groups is 1. The minimum absolute atomic E-state index is 0.202. The van der Waals surface area contributed by atoms with E-state index in [-0.39, 0.29) is 17.2 Å². The molecule has 0 saturated heterocycles. The Morgan fingerprint density at radius 2 is 1.93 bits per heavy atom. The fourth-order valence-electron chi connectivity index (χ4n) is 2.84. The molecule has 0 saturated carbocycles. The molecule has 1 atom stereocenters. The van der Waals surface area contributed by atoms with Gasteiger partial charge in [-0.1, -0.05) is 0 Å². The molecule has 12 heteroatoms. The largest absolute Gasteiger partial charge is 0.369 e. The van der Waals surface area contributed by atoms with Crippen LogP contribution in [0.4, 0.5) is 18.9 Å². The van der Waals surface area contributed by atoms with Crippen LogP contribution in [-0.2, 0) is 15.6 Å². The average molecular weight is 427 g/mol. The summed E-state index contributed by atoms with van der Waals surface area (Å²) in [6.45, 7) is 1.33. The first kappa shape index (κ1) is 20.6. The second-order valence-electron chi connectivity index (χ2n) is 6.60. The van der Waals surface area contributed by atoms with Gasteiger partial charge < -0.3 is 11.1 Å². The lowest BCUT2D eigenvalue weighted by Crippen LogP contribution is -2.50. The maximum atomic E-state index is 14.5. The van der Waals surface area contributed by atoms with Crippen LogP contribution in [0.2, 0.25) is 0 Å². The molecule has 1 aromatic carbocycles. The first-order valence-electron chi connectivity index (χ1n) is 8.17. The molecule has 0 bridgehead atoms. The number of nitrogens with zero attached hydrogens (tertiary/aromatic N) is 3. The first-order valence-corrected chi connectivity index (χ1v) is 9.78. The lowest BCUT2D eigenvalue weighted by molar-refractivity contribution is 0.102. The third-order valence-electron chi connectivity index (χ3n) is 4.41. The Morgan fingerprint density at radius 3 is 2.52 bits per heavy atom. The molecular weight excluding hydrogens is 411 g/mol. The van der Waals surface area contributed by atoms with Gasteiger partial charge in [0.15, 0.2) is 0 Å². The molecule has 29 heavy (non-hydrogen) atoms. The Bertz CT molecular complexity index is 1120. The predicted molar refractivity (Wildman–Crippen MR) is 99.0 cm³/mol. The van der Waals surface area contributed by atoms with E-state index in [0.717, 1.165) is 28.7 Å². The number of anilines is 1. The molecule has 154 valence electrons. The van der Waals surface area contributed by atoms with E-state index in [2.05, 4.69) is 15.3 Å². The van der Waals surface area contributed by atoms with E-state index in [0.29, 0.717) is 6.07 Å². The topological polar surface area (TPSA) is 118 Å². The summed E-state index contributed by atoms with van der Waals surface area (Å²) in [7, 11) is -2.69. The highest BCUT2D eigenvalue weighted by Gasteiger charge is 2.42. The van der Waals surface area contributed by atoms with E-state index >= 15 is 0 Å². The van der Waals surface area contributed by atoms with Gasteiger partial charge in [-0.2, -0.15) is 0 Å². The maximum Gasteiger partial charge on any atom is 0.274 e. The Labute approximate surface area is 164 Å². The number of nitrogens with one attached hydrogen (secondary N) is 1. The SMILES string of the molecule is CN1C(N)=NC(C)(c2cc(NC(=O)c3ccc(F)cn3)c(F)cc2F)CS1(=O)=O.